The number of hydrogen-bond acceptors (Lipinski definition) is 5. The van der Waals surface area contributed by atoms with Crippen LogP contribution in [0.5, 0.6) is 0 Å². The molecule has 6 heteroatoms. The first-order chi connectivity index (χ1) is 13.4. The Balaban J connectivity index is 1.35. The molecule has 28 heavy (non-hydrogen) atoms. The van der Waals surface area contributed by atoms with E-state index in [4.69, 9.17) is 4.42 Å². The number of para-hydroxylation sites is 1. The molecule has 0 radical (unpaired) electrons. The molecule has 2 bridgehead atoms. The standard InChI is InChI=1S/C22H23N3O2S/c1-21(2)13-10-11-22(21,3)18(12-13)24-25-19(26)15-8-9-16(27-15)20-23-14-6-4-5-7-17(14)28-20/h4-9,13H,10-12H2,1-3H3,(H,25,26)/b24-18+/t13-,22+/m0/s1. The van der Waals surface area contributed by atoms with Crippen LogP contribution in [0.15, 0.2) is 45.9 Å². The van der Waals surface area contributed by atoms with Gasteiger partial charge in [0, 0.05) is 11.1 Å². The third kappa shape index (κ3) is 2.47. The number of carbonyl (C=O) groups is 1. The molecule has 0 saturated heterocycles. The third-order valence-electron chi connectivity index (χ3n) is 7.14. The number of aromatic nitrogens is 1. The summed E-state index contributed by atoms with van der Waals surface area (Å²) in [5, 5.41) is 5.28. The van der Waals surface area contributed by atoms with Crippen molar-refractivity contribution in [3.63, 3.8) is 0 Å². The van der Waals surface area contributed by atoms with Gasteiger partial charge in [0.2, 0.25) is 0 Å². The quantitative estimate of drug-likeness (QED) is 0.599. The second-order valence-corrected chi connectivity index (χ2v) is 9.67. The monoisotopic (exact) mass is 393 g/mol. The lowest BCUT2D eigenvalue weighted by Crippen LogP contribution is -2.34. The molecule has 2 aromatic heterocycles. The number of nitrogens with zero attached hydrogens (tertiary/aromatic N) is 2. The van der Waals surface area contributed by atoms with Gasteiger partial charge < -0.3 is 4.42 Å². The Morgan fingerprint density at radius 2 is 2.07 bits per heavy atom. The van der Waals surface area contributed by atoms with Crippen molar-refractivity contribution in [2.75, 3.05) is 0 Å². The van der Waals surface area contributed by atoms with Crippen LogP contribution in [0.25, 0.3) is 21.0 Å². The zero-order valence-corrected chi connectivity index (χ0v) is 17.1. The highest BCUT2D eigenvalue weighted by Gasteiger charge is 2.60. The Morgan fingerprint density at radius 1 is 1.25 bits per heavy atom. The van der Waals surface area contributed by atoms with E-state index in [0.29, 0.717) is 11.7 Å². The lowest BCUT2D eigenvalue weighted by atomic mass is 9.70. The molecule has 3 aromatic rings. The molecule has 1 aromatic carbocycles. The number of nitrogens with one attached hydrogen (secondary N) is 1. The number of hydrazone groups is 1. The number of benzene rings is 1. The first-order valence-electron chi connectivity index (χ1n) is 9.72. The number of fused-ring (bicyclic) bond motifs is 3. The lowest BCUT2D eigenvalue weighted by Gasteiger charge is -2.34. The van der Waals surface area contributed by atoms with Crippen LogP contribution >= 0.6 is 11.3 Å². The Bertz CT molecular complexity index is 1080. The van der Waals surface area contributed by atoms with E-state index in [1.165, 1.54) is 6.42 Å². The van der Waals surface area contributed by atoms with E-state index in [2.05, 4.69) is 36.3 Å². The smallest absolute Gasteiger partial charge is 0.307 e. The first-order valence-corrected chi connectivity index (χ1v) is 10.5. The summed E-state index contributed by atoms with van der Waals surface area (Å²) in [6, 6.07) is 11.4. The van der Waals surface area contributed by atoms with E-state index in [1.807, 2.05) is 24.3 Å². The van der Waals surface area contributed by atoms with Gasteiger partial charge in [0.05, 0.1) is 10.2 Å². The second kappa shape index (κ2) is 6.01. The molecule has 1 amide bonds. The second-order valence-electron chi connectivity index (χ2n) is 8.64. The molecule has 0 unspecified atom stereocenters. The molecular formula is C22H23N3O2S. The molecular weight excluding hydrogens is 370 g/mol. The van der Waals surface area contributed by atoms with E-state index in [0.717, 1.165) is 33.8 Å². The minimum Gasteiger partial charge on any atom is -0.448 e. The van der Waals surface area contributed by atoms with Crippen molar-refractivity contribution in [1.29, 1.82) is 0 Å². The molecule has 2 saturated carbocycles. The van der Waals surface area contributed by atoms with Crippen molar-refractivity contribution in [1.82, 2.24) is 10.4 Å². The topological polar surface area (TPSA) is 67.5 Å². The zero-order valence-electron chi connectivity index (χ0n) is 16.3. The van der Waals surface area contributed by atoms with Crippen molar-refractivity contribution >= 4 is 33.2 Å². The summed E-state index contributed by atoms with van der Waals surface area (Å²) in [4.78, 5) is 17.1. The van der Waals surface area contributed by atoms with Crippen LogP contribution in [-0.2, 0) is 0 Å². The first kappa shape index (κ1) is 17.6. The van der Waals surface area contributed by atoms with Gasteiger partial charge in [0.25, 0.3) is 0 Å². The summed E-state index contributed by atoms with van der Waals surface area (Å²) < 4.78 is 6.87. The van der Waals surface area contributed by atoms with E-state index < -0.39 is 0 Å². The molecule has 2 fully saturated rings. The van der Waals surface area contributed by atoms with Crippen LogP contribution in [-0.4, -0.2) is 16.6 Å². The number of carbonyl (C=O) groups excluding carboxylic acids is 1. The van der Waals surface area contributed by atoms with E-state index in [-0.39, 0.29) is 22.5 Å². The highest BCUT2D eigenvalue weighted by atomic mass is 32.1. The van der Waals surface area contributed by atoms with E-state index in [9.17, 15) is 4.79 Å². The predicted molar refractivity (Wildman–Crippen MR) is 111 cm³/mol. The van der Waals surface area contributed by atoms with Crippen molar-refractivity contribution < 1.29 is 9.21 Å². The summed E-state index contributed by atoms with van der Waals surface area (Å²) in [7, 11) is 0. The van der Waals surface area contributed by atoms with Gasteiger partial charge in [-0.25, -0.2) is 10.4 Å². The minimum atomic E-state index is -0.316. The Labute approximate surface area is 167 Å². The molecule has 144 valence electrons. The van der Waals surface area contributed by atoms with Gasteiger partial charge in [0.1, 0.15) is 0 Å². The van der Waals surface area contributed by atoms with Crippen LogP contribution < -0.4 is 5.43 Å². The van der Waals surface area contributed by atoms with Gasteiger partial charge >= 0.3 is 5.91 Å². The molecule has 2 aliphatic rings. The Morgan fingerprint density at radius 3 is 2.79 bits per heavy atom. The van der Waals surface area contributed by atoms with Crippen molar-refractivity contribution in [3.05, 3.63) is 42.2 Å². The van der Waals surface area contributed by atoms with Crippen molar-refractivity contribution in [3.8, 4) is 10.8 Å². The number of rotatable bonds is 3. The van der Waals surface area contributed by atoms with Crippen molar-refractivity contribution in [2.45, 2.75) is 40.0 Å². The minimum absolute atomic E-state index is 0.0697. The molecule has 2 aliphatic carbocycles. The highest BCUT2D eigenvalue weighted by molar-refractivity contribution is 7.21. The molecule has 5 nitrogen and oxygen atoms in total. The zero-order chi connectivity index (χ0) is 19.5. The van der Waals surface area contributed by atoms with Crippen LogP contribution in [0.2, 0.25) is 0 Å². The molecule has 1 N–H and O–H groups in total. The average Bonchev–Trinajstić information content (AvgIpc) is 3.40. The van der Waals surface area contributed by atoms with Gasteiger partial charge in [-0.05, 0) is 54.9 Å². The van der Waals surface area contributed by atoms with Gasteiger partial charge in [-0.1, -0.05) is 32.9 Å². The van der Waals surface area contributed by atoms with E-state index >= 15 is 0 Å². The number of hydrogen-bond donors (Lipinski definition) is 1. The molecule has 0 spiro atoms. The number of amides is 1. The summed E-state index contributed by atoms with van der Waals surface area (Å²) in [6.45, 7) is 6.93. The molecule has 0 aliphatic heterocycles. The van der Waals surface area contributed by atoms with Crippen LogP contribution in [0, 0.1) is 16.7 Å². The van der Waals surface area contributed by atoms with Crippen LogP contribution in [0.3, 0.4) is 0 Å². The molecule has 2 atom stereocenters. The third-order valence-corrected chi connectivity index (χ3v) is 8.19. The fraction of sp³-hybridized carbons (Fsp3) is 0.409. The number of furan rings is 1. The van der Waals surface area contributed by atoms with Crippen LogP contribution in [0.4, 0.5) is 0 Å². The Kier molecular flexibility index (Phi) is 3.78. The largest absolute Gasteiger partial charge is 0.448 e. The fourth-order valence-electron chi connectivity index (χ4n) is 4.82. The van der Waals surface area contributed by atoms with Gasteiger partial charge in [0.15, 0.2) is 16.5 Å². The van der Waals surface area contributed by atoms with Crippen LogP contribution in [0.1, 0.15) is 50.6 Å². The van der Waals surface area contributed by atoms with Crippen molar-refractivity contribution in [2.24, 2.45) is 21.8 Å². The summed E-state index contributed by atoms with van der Waals surface area (Å²) in [5.74, 6) is 1.20. The van der Waals surface area contributed by atoms with Gasteiger partial charge in [-0.2, -0.15) is 5.10 Å². The lowest BCUT2D eigenvalue weighted by molar-refractivity contribution is 0.0927. The van der Waals surface area contributed by atoms with Gasteiger partial charge in [-0.15, -0.1) is 11.3 Å². The normalized spacial score (nSPS) is 27.0. The number of thiazole rings is 1. The maximum absolute atomic E-state index is 12.6. The SMILES string of the molecule is CC1(C)[C@H]2CC[C@]1(C)/C(=N/NC(=O)c1ccc(-c3nc4ccccc4s3)o1)C2. The summed E-state index contributed by atoms with van der Waals surface area (Å²) in [5.41, 5.74) is 5.07. The van der Waals surface area contributed by atoms with E-state index in [1.54, 1.807) is 23.5 Å². The average molecular weight is 394 g/mol. The predicted octanol–water partition coefficient (Wildman–Crippen LogP) is 5.49. The maximum Gasteiger partial charge on any atom is 0.307 e. The summed E-state index contributed by atoms with van der Waals surface area (Å²) >= 11 is 1.55. The fourth-order valence-corrected chi connectivity index (χ4v) is 5.75. The maximum atomic E-state index is 12.6. The van der Waals surface area contributed by atoms with Gasteiger partial charge in [-0.3, -0.25) is 4.79 Å². The molecule has 5 rings (SSSR count). The Hall–Kier alpha value is -2.47. The summed E-state index contributed by atoms with van der Waals surface area (Å²) in [6.07, 6.45) is 3.36. The highest BCUT2D eigenvalue weighted by Crippen LogP contribution is 2.63. The molecule has 2 heterocycles.